The highest BCUT2D eigenvalue weighted by molar-refractivity contribution is 5.78. The van der Waals surface area contributed by atoms with E-state index in [1.165, 1.54) is 0 Å². The number of aliphatic imine (C=N–C) groups is 1. The Labute approximate surface area is 86.9 Å². The van der Waals surface area contributed by atoms with Gasteiger partial charge in [-0.05, 0) is 19.3 Å². The number of nitrogens with one attached hydrogen (secondary N) is 1. The quantitative estimate of drug-likeness (QED) is 0.497. The van der Waals surface area contributed by atoms with Crippen molar-refractivity contribution in [2.75, 3.05) is 20.3 Å². The van der Waals surface area contributed by atoms with Gasteiger partial charge in [-0.2, -0.15) is 0 Å². The van der Waals surface area contributed by atoms with Crippen molar-refractivity contribution in [3.05, 3.63) is 0 Å². The van der Waals surface area contributed by atoms with E-state index in [1.54, 1.807) is 7.11 Å². The highest BCUT2D eigenvalue weighted by Crippen LogP contribution is 1.92. The van der Waals surface area contributed by atoms with Crippen LogP contribution >= 0.6 is 0 Å². The van der Waals surface area contributed by atoms with Crippen LogP contribution in [0.3, 0.4) is 0 Å². The Bertz CT molecular complexity index is 169. The van der Waals surface area contributed by atoms with Gasteiger partial charge in [-0.25, -0.2) is 0 Å². The summed E-state index contributed by atoms with van der Waals surface area (Å²) in [6.45, 7) is 7.81. The Morgan fingerprint density at radius 2 is 2.07 bits per heavy atom. The van der Waals surface area contributed by atoms with Gasteiger partial charge in [0.25, 0.3) is 0 Å². The maximum absolute atomic E-state index is 5.69. The van der Waals surface area contributed by atoms with E-state index in [0.717, 1.165) is 19.6 Å². The fraction of sp³-hybridized carbons (Fsp3) is 0.900. The van der Waals surface area contributed by atoms with Gasteiger partial charge in [0.1, 0.15) is 0 Å². The normalized spacial score (nSPS) is 14.5. The van der Waals surface area contributed by atoms with Crippen LogP contribution in [0.2, 0.25) is 0 Å². The molecular formula is C10H23N3O. The van der Waals surface area contributed by atoms with Gasteiger partial charge in [0, 0.05) is 26.3 Å². The van der Waals surface area contributed by atoms with Crippen LogP contribution in [0.25, 0.3) is 0 Å². The molecule has 14 heavy (non-hydrogen) atoms. The van der Waals surface area contributed by atoms with Crippen LogP contribution in [0.15, 0.2) is 4.99 Å². The fourth-order valence-corrected chi connectivity index (χ4v) is 0.946. The molecule has 0 radical (unpaired) electrons. The number of hydrogen-bond donors (Lipinski definition) is 2. The van der Waals surface area contributed by atoms with Crippen molar-refractivity contribution in [1.29, 1.82) is 0 Å². The fourth-order valence-electron chi connectivity index (χ4n) is 0.946. The van der Waals surface area contributed by atoms with E-state index in [1.807, 2.05) is 0 Å². The third-order valence-electron chi connectivity index (χ3n) is 1.78. The maximum Gasteiger partial charge on any atom is 0.188 e. The summed E-state index contributed by atoms with van der Waals surface area (Å²) in [5.74, 6) is 1.08. The van der Waals surface area contributed by atoms with Crippen molar-refractivity contribution in [3.8, 4) is 0 Å². The second kappa shape index (κ2) is 7.62. The summed E-state index contributed by atoms with van der Waals surface area (Å²) in [5.41, 5.74) is 5.69. The van der Waals surface area contributed by atoms with E-state index >= 15 is 0 Å². The number of guanidine groups is 1. The van der Waals surface area contributed by atoms with Gasteiger partial charge in [0.2, 0.25) is 0 Å². The molecule has 1 atom stereocenters. The zero-order chi connectivity index (χ0) is 11.0. The van der Waals surface area contributed by atoms with E-state index < -0.39 is 0 Å². The van der Waals surface area contributed by atoms with Crippen LogP contribution < -0.4 is 11.1 Å². The van der Waals surface area contributed by atoms with Crippen LogP contribution in [0, 0.1) is 5.92 Å². The van der Waals surface area contributed by atoms with Crippen LogP contribution in [-0.2, 0) is 4.74 Å². The Kier molecular flexibility index (Phi) is 7.20. The second-order valence-corrected chi connectivity index (χ2v) is 3.95. The highest BCUT2D eigenvalue weighted by atomic mass is 16.5. The molecule has 0 aliphatic heterocycles. The maximum atomic E-state index is 5.69. The molecule has 0 fully saturated rings. The molecule has 4 nitrogen and oxygen atoms in total. The second-order valence-electron chi connectivity index (χ2n) is 3.95. The van der Waals surface area contributed by atoms with Crippen molar-refractivity contribution in [1.82, 2.24) is 5.32 Å². The van der Waals surface area contributed by atoms with Crippen molar-refractivity contribution in [3.63, 3.8) is 0 Å². The first-order valence-corrected chi connectivity index (χ1v) is 5.11. The standard InChI is InChI=1S/C10H23N3O/c1-8(2)7-12-10(11)13-9(3)5-6-14-4/h8-9H,5-7H2,1-4H3,(H3,11,12,13). The molecule has 0 saturated heterocycles. The van der Waals surface area contributed by atoms with E-state index in [2.05, 4.69) is 31.1 Å². The van der Waals surface area contributed by atoms with Crippen molar-refractivity contribution in [2.24, 2.45) is 16.6 Å². The predicted molar refractivity (Wildman–Crippen MR) is 60.4 cm³/mol. The molecule has 4 heteroatoms. The highest BCUT2D eigenvalue weighted by Gasteiger charge is 2.01. The molecular weight excluding hydrogens is 178 g/mol. The lowest BCUT2D eigenvalue weighted by Gasteiger charge is -2.14. The number of rotatable bonds is 6. The number of ether oxygens (including phenoxy) is 1. The van der Waals surface area contributed by atoms with Gasteiger partial charge in [0.15, 0.2) is 5.96 Å². The summed E-state index contributed by atoms with van der Waals surface area (Å²) in [4.78, 5) is 4.21. The topological polar surface area (TPSA) is 59.6 Å². The van der Waals surface area contributed by atoms with E-state index in [4.69, 9.17) is 10.5 Å². The minimum Gasteiger partial charge on any atom is -0.385 e. The molecule has 0 rings (SSSR count). The molecule has 3 N–H and O–H groups in total. The average molecular weight is 201 g/mol. The molecule has 1 unspecified atom stereocenters. The molecule has 0 spiro atoms. The summed E-state index contributed by atoms with van der Waals surface area (Å²) >= 11 is 0. The summed E-state index contributed by atoms with van der Waals surface area (Å²) in [7, 11) is 1.70. The third-order valence-corrected chi connectivity index (χ3v) is 1.78. The molecule has 84 valence electrons. The van der Waals surface area contributed by atoms with Gasteiger partial charge < -0.3 is 15.8 Å². The Hall–Kier alpha value is -0.770. The minimum atomic E-state index is 0.311. The van der Waals surface area contributed by atoms with Crippen LogP contribution in [0.5, 0.6) is 0 Å². The van der Waals surface area contributed by atoms with Gasteiger partial charge >= 0.3 is 0 Å². The molecule has 0 aliphatic rings. The molecule has 0 aromatic heterocycles. The SMILES string of the molecule is COCCC(C)NC(N)=NCC(C)C. The third kappa shape index (κ3) is 7.86. The van der Waals surface area contributed by atoms with Gasteiger partial charge in [-0.3, -0.25) is 4.99 Å². The van der Waals surface area contributed by atoms with E-state index in [0.29, 0.717) is 17.9 Å². The number of hydrogen-bond acceptors (Lipinski definition) is 2. The molecule has 0 heterocycles. The molecule has 0 aromatic carbocycles. The zero-order valence-corrected chi connectivity index (χ0v) is 9.71. The van der Waals surface area contributed by atoms with Gasteiger partial charge in [0.05, 0.1) is 0 Å². The minimum absolute atomic E-state index is 0.311. The number of nitrogens with zero attached hydrogens (tertiary/aromatic N) is 1. The van der Waals surface area contributed by atoms with Crippen LogP contribution in [0.4, 0.5) is 0 Å². The van der Waals surface area contributed by atoms with Crippen LogP contribution in [0.1, 0.15) is 27.2 Å². The zero-order valence-electron chi connectivity index (χ0n) is 9.71. The molecule has 0 amide bonds. The van der Waals surface area contributed by atoms with Crippen molar-refractivity contribution in [2.45, 2.75) is 33.2 Å². The average Bonchev–Trinajstić information content (AvgIpc) is 2.11. The lowest BCUT2D eigenvalue weighted by atomic mass is 10.2. The van der Waals surface area contributed by atoms with Crippen molar-refractivity contribution >= 4 is 5.96 Å². The van der Waals surface area contributed by atoms with Gasteiger partial charge in [-0.1, -0.05) is 13.8 Å². The first-order valence-electron chi connectivity index (χ1n) is 5.11. The van der Waals surface area contributed by atoms with E-state index in [9.17, 15) is 0 Å². The molecule has 0 aromatic rings. The van der Waals surface area contributed by atoms with Crippen LogP contribution in [-0.4, -0.2) is 32.3 Å². The first-order chi connectivity index (χ1) is 6.56. The summed E-state index contributed by atoms with van der Waals surface area (Å²) in [6.07, 6.45) is 0.939. The summed E-state index contributed by atoms with van der Waals surface area (Å²) < 4.78 is 4.97. The summed E-state index contributed by atoms with van der Waals surface area (Å²) in [6, 6.07) is 0.311. The van der Waals surface area contributed by atoms with Gasteiger partial charge in [-0.15, -0.1) is 0 Å². The molecule has 0 bridgehead atoms. The smallest absolute Gasteiger partial charge is 0.188 e. The number of nitrogens with two attached hydrogens (primary N) is 1. The predicted octanol–water partition coefficient (Wildman–Crippen LogP) is 0.972. The number of methoxy groups -OCH3 is 1. The van der Waals surface area contributed by atoms with E-state index in [-0.39, 0.29) is 0 Å². The lowest BCUT2D eigenvalue weighted by Crippen LogP contribution is -2.39. The summed E-state index contributed by atoms with van der Waals surface area (Å²) in [5, 5.41) is 3.12. The van der Waals surface area contributed by atoms with Crippen molar-refractivity contribution < 1.29 is 4.74 Å². The Morgan fingerprint density at radius 1 is 1.43 bits per heavy atom. The largest absolute Gasteiger partial charge is 0.385 e. The monoisotopic (exact) mass is 201 g/mol. The Balaban J connectivity index is 3.68. The molecule has 0 saturated carbocycles. The molecule has 0 aliphatic carbocycles. The Morgan fingerprint density at radius 3 is 2.57 bits per heavy atom. The first kappa shape index (κ1) is 13.2. The lowest BCUT2D eigenvalue weighted by molar-refractivity contribution is 0.187.